The van der Waals surface area contributed by atoms with E-state index in [1.807, 2.05) is 27.7 Å². The van der Waals surface area contributed by atoms with E-state index >= 15 is 0 Å². The Morgan fingerprint density at radius 3 is 2.61 bits per heavy atom. The van der Waals surface area contributed by atoms with Crippen LogP contribution < -0.4 is 5.32 Å². The lowest BCUT2D eigenvalue weighted by Gasteiger charge is -2.29. The summed E-state index contributed by atoms with van der Waals surface area (Å²) in [7, 11) is 1.67. The zero-order chi connectivity index (χ0) is 23.2. The number of carbonyl (C=O) groups excluding carboxylic acids is 3. The summed E-state index contributed by atoms with van der Waals surface area (Å²) in [6.07, 6.45) is 3.06. The van der Waals surface area contributed by atoms with Crippen LogP contribution in [0.25, 0.3) is 0 Å². The Balaban J connectivity index is 2.05. The van der Waals surface area contributed by atoms with Gasteiger partial charge < -0.3 is 24.4 Å². The third-order valence-corrected chi connectivity index (χ3v) is 6.37. The Hall–Kier alpha value is -1.67. The van der Waals surface area contributed by atoms with Gasteiger partial charge in [0, 0.05) is 32.7 Å². The highest BCUT2D eigenvalue weighted by atomic mass is 16.6. The highest BCUT2D eigenvalue weighted by Crippen LogP contribution is 2.26. The smallest absolute Gasteiger partial charge is 0.410 e. The van der Waals surface area contributed by atoms with Gasteiger partial charge in [0.15, 0.2) is 0 Å². The van der Waals surface area contributed by atoms with Crippen LogP contribution in [0.3, 0.4) is 0 Å². The number of likely N-dealkylation sites (tertiary alicyclic amines) is 1. The highest BCUT2D eigenvalue weighted by Gasteiger charge is 2.36. The molecule has 3 unspecified atom stereocenters. The number of ketones is 1. The predicted molar refractivity (Wildman–Crippen MR) is 117 cm³/mol. The molecule has 2 heterocycles. The number of hydrogen-bond donors (Lipinski definition) is 1. The molecule has 0 aromatic heterocycles. The van der Waals surface area contributed by atoms with E-state index in [0.717, 1.165) is 25.8 Å². The summed E-state index contributed by atoms with van der Waals surface area (Å²) >= 11 is 0. The summed E-state index contributed by atoms with van der Waals surface area (Å²) in [6.45, 7) is 11.3. The quantitative estimate of drug-likeness (QED) is 0.521. The molecule has 2 aliphatic heterocycles. The molecule has 4 atom stereocenters. The standard InChI is InChI=1S/C23H40N2O6/c1-16-19(26)8-11-23(5,29-6)10-7-12-24-18(15-30-20(16)27)17-9-13-25(14-17)21(28)31-22(2,3)4/h16-18,24H,7-15H2,1-6H3/t16?,17?,18?,23-/m1/s1. The molecule has 178 valence electrons. The summed E-state index contributed by atoms with van der Waals surface area (Å²) in [5.41, 5.74) is -0.934. The predicted octanol–water partition coefficient (Wildman–Crippen LogP) is 2.93. The van der Waals surface area contributed by atoms with Crippen molar-refractivity contribution in [2.75, 3.05) is 33.4 Å². The topological polar surface area (TPSA) is 94.2 Å². The monoisotopic (exact) mass is 440 g/mol. The normalized spacial score (nSPS) is 31.9. The van der Waals surface area contributed by atoms with Crippen LogP contribution in [0.4, 0.5) is 4.79 Å². The fourth-order valence-electron chi connectivity index (χ4n) is 4.08. The fourth-order valence-corrected chi connectivity index (χ4v) is 4.08. The first kappa shape index (κ1) is 25.6. The van der Waals surface area contributed by atoms with Gasteiger partial charge in [0.25, 0.3) is 0 Å². The second-order valence-corrected chi connectivity index (χ2v) is 10.1. The summed E-state index contributed by atoms with van der Waals surface area (Å²) in [6, 6.07) is -0.0896. The second-order valence-electron chi connectivity index (χ2n) is 10.1. The number of nitrogens with one attached hydrogen (secondary N) is 1. The molecule has 0 aromatic carbocycles. The summed E-state index contributed by atoms with van der Waals surface area (Å²) in [4.78, 5) is 39.1. The number of nitrogens with zero attached hydrogens (tertiary/aromatic N) is 1. The molecule has 1 amide bonds. The second kappa shape index (κ2) is 10.8. The van der Waals surface area contributed by atoms with Gasteiger partial charge in [0.2, 0.25) is 0 Å². The number of methoxy groups -OCH3 is 1. The van der Waals surface area contributed by atoms with Crippen LogP contribution in [-0.4, -0.2) is 73.3 Å². The first-order chi connectivity index (χ1) is 14.4. The van der Waals surface area contributed by atoms with E-state index in [1.54, 1.807) is 18.9 Å². The van der Waals surface area contributed by atoms with Crippen LogP contribution >= 0.6 is 0 Å². The molecule has 2 aliphatic rings. The minimum Gasteiger partial charge on any atom is -0.463 e. The molecule has 2 saturated heterocycles. The van der Waals surface area contributed by atoms with E-state index in [4.69, 9.17) is 14.2 Å². The first-order valence-electron chi connectivity index (χ1n) is 11.4. The van der Waals surface area contributed by atoms with Gasteiger partial charge in [-0.2, -0.15) is 0 Å². The molecule has 2 rings (SSSR count). The lowest BCUT2D eigenvalue weighted by atomic mass is 9.90. The van der Waals surface area contributed by atoms with Crippen molar-refractivity contribution in [2.24, 2.45) is 11.8 Å². The number of amides is 1. The Morgan fingerprint density at radius 2 is 1.97 bits per heavy atom. The van der Waals surface area contributed by atoms with Crippen LogP contribution in [-0.2, 0) is 23.8 Å². The summed E-state index contributed by atoms with van der Waals surface area (Å²) in [5.74, 6) is -1.25. The molecule has 1 N–H and O–H groups in total. The van der Waals surface area contributed by atoms with Crippen LogP contribution in [0.15, 0.2) is 0 Å². The van der Waals surface area contributed by atoms with Crippen LogP contribution in [0.1, 0.15) is 66.7 Å². The third-order valence-electron chi connectivity index (χ3n) is 6.37. The van der Waals surface area contributed by atoms with Crippen molar-refractivity contribution < 1.29 is 28.6 Å². The van der Waals surface area contributed by atoms with E-state index in [0.29, 0.717) is 25.9 Å². The molecule has 0 bridgehead atoms. The molecule has 0 saturated carbocycles. The van der Waals surface area contributed by atoms with Crippen molar-refractivity contribution in [2.45, 2.75) is 84.0 Å². The van der Waals surface area contributed by atoms with Gasteiger partial charge in [-0.05, 0) is 72.8 Å². The van der Waals surface area contributed by atoms with Gasteiger partial charge in [-0.3, -0.25) is 9.59 Å². The number of Topliss-reactive ketones (excluding diaryl/α,β-unsaturated/α-hetero) is 1. The van der Waals surface area contributed by atoms with Crippen molar-refractivity contribution in [3.8, 4) is 0 Å². The largest absolute Gasteiger partial charge is 0.463 e. The molecule has 2 fully saturated rings. The van der Waals surface area contributed by atoms with Crippen LogP contribution in [0.5, 0.6) is 0 Å². The van der Waals surface area contributed by atoms with E-state index in [2.05, 4.69) is 5.32 Å². The Morgan fingerprint density at radius 1 is 1.26 bits per heavy atom. The maximum atomic E-state index is 12.5. The molecule has 0 radical (unpaired) electrons. The van der Waals surface area contributed by atoms with Crippen molar-refractivity contribution in [3.63, 3.8) is 0 Å². The van der Waals surface area contributed by atoms with E-state index < -0.39 is 23.1 Å². The van der Waals surface area contributed by atoms with Gasteiger partial charge in [-0.1, -0.05) is 0 Å². The lowest BCUT2D eigenvalue weighted by molar-refractivity contribution is -0.152. The number of rotatable bonds is 2. The van der Waals surface area contributed by atoms with E-state index in [1.165, 1.54) is 0 Å². The average molecular weight is 441 g/mol. The van der Waals surface area contributed by atoms with Gasteiger partial charge >= 0.3 is 12.1 Å². The zero-order valence-electron chi connectivity index (χ0n) is 20.0. The number of carbonyl (C=O) groups is 3. The number of hydrogen-bond acceptors (Lipinski definition) is 7. The average Bonchev–Trinajstić information content (AvgIpc) is 3.19. The molecule has 8 nitrogen and oxygen atoms in total. The SMILES string of the molecule is CO[C@]1(C)CCCNC(C2CCN(C(=O)OC(C)(C)C)C2)COC(=O)C(C)C(=O)CC1. The minimum absolute atomic E-state index is 0.0896. The number of ether oxygens (including phenoxy) is 3. The van der Waals surface area contributed by atoms with Crippen LogP contribution in [0, 0.1) is 11.8 Å². The molecule has 0 spiro atoms. The molecule has 8 heteroatoms. The lowest BCUT2D eigenvalue weighted by Crippen LogP contribution is -2.44. The Kier molecular flexibility index (Phi) is 8.89. The van der Waals surface area contributed by atoms with Crippen LogP contribution in [0.2, 0.25) is 0 Å². The third kappa shape index (κ3) is 7.75. The maximum absolute atomic E-state index is 12.5. The minimum atomic E-state index is -0.788. The van der Waals surface area contributed by atoms with Crippen molar-refractivity contribution in [1.82, 2.24) is 10.2 Å². The Labute approximate surface area is 186 Å². The zero-order valence-corrected chi connectivity index (χ0v) is 20.0. The molecule has 0 aromatic rings. The molecule has 0 aliphatic carbocycles. The van der Waals surface area contributed by atoms with Gasteiger partial charge in [0.05, 0.1) is 5.60 Å². The van der Waals surface area contributed by atoms with Crippen molar-refractivity contribution in [3.05, 3.63) is 0 Å². The highest BCUT2D eigenvalue weighted by molar-refractivity contribution is 5.98. The summed E-state index contributed by atoms with van der Waals surface area (Å²) in [5, 5.41) is 3.52. The first-order valence-corrected chi connectivity index (χ1v) is 11.4. The maximum Gasteiger partial charge on any atom is 0.410 e. The van der Waals surface area contributed by atoms with Gasteiger partial charge in [0.1, 0.15) is 23.9 Å². The van der Waals surface area contributed by atoms with Crippen molar-refractivity contribution >= 4 is 17.8 Å². The van der Waals surface area contributed by atoms with Gasteiger partial charge in [-0.15, -0.1) is 0 Å². The van der Waals surface area contributed by atoms with Crippen molar-refractivity contribution in [1.29, 1.82) is 0 Å². The number of cyclic esters (lactones) is 1. The molecular weight excluding hydrogens is 400 g/mol. The fraction of sp³-hybridized carbons (Fsp3) is 0.870. The van der Waals surface area contributed by atoms with Gasteiger partial charge in [-0.25, -0.2) is 4.79 Å². The Bertz CT molecular complexity index is 646. The molecule has 31 heavy (non-hydrogen) atoms. The summed E-state index contributed by atoms with van der Waals surface area (Å²) < 4.78 is 16.7. The number of esters is 1. The van der Waals surface area contributed by atoms with E-state index in [-0.39, 0.29) is 30.4 Å². The molecular formula is C23H40N2O6. The van der Waals surface area contributed by atoms with E-state index in [9.17, 15) is 14.4 Å².